The quantitative estimate of drug-likeness (QED) is 0.274. The van der Waals surface area contributed by atoms with Crippen LogP contribution < -0.4 is 0 Å². The third-order valence-corrected chi connectivity index (χ3v) is 11.7. The Morgan fingerprint density at radius 2 is 0.659 bits per heavy atom. The molecule has 0 radical (unpaired) electrons. The highest BCUT2D eigenvalue weighted by Crippen LogP contribution is 2.50. The van der Waals surface area contributed by atoms with Crippen LogP contribution in [-0.4, -0.2) is 84.1 Å². The summed E-state index contributed by atoms with van der Waals surface area (Å²) in [7, 11) is 4.48. The van der Waals surface area contributed by atoms with Crippen LogP contribution in [0.4, 0.5) is 0 Å². The van der Waals surface area contributed by atoms with E-state index in [2.05, 4.69) is 93.1 Å². The molecular weight excluding hydrogens is 512 g/mol. The highest BCUT2D eigenvalue weighted by atomic mass is 16.7. The lowest BCUT2D eigenvalue weighted by atomic mass is 9.75. The minimum absolute atomic E-state index is 0.0601. The molecule has 0 aromatic carbocycles. The second kappa shape index (κ2) is 11.3. The molecule has 4 fully saturated rings. The molecule has 4 saturated heterocycles. The van der Waals surface area contributed by atoms with Crippen molar-refractivity contribution in [2.45, 2.75) is 174 Å². The SMILES string of the molecule is CN1C(C)(C)CC2(CC1(C)C)OCC(C)(CCCCCCCC1(C)COC3(CC(C)(C)N(C)C(C)(C)C3)OC1)CO2. The molecule has 0 aliphatic carbocycles. The molecular formula is C35H66N2O4. The van der Waals surface area contributed by atoms with Gasteiger partial charge in [0.25, 0.3) is 0 Å². The van der Waals surface area contributed by atoms with Crippen molar-refractivity contribution in [3.8, 4) is 0 Å². The van der Waals surface area contributed by atoms with Crippen LogP contribution >= 0.6 is 0 Å². The van der Waals surface area contributed by atoms with E-state index >= 15 is 0 Å². The van der Waals surface area contributed by atoms with E-state index in [1.54, 1.807) is 0 Å². The average Bonchev–Trinajstić information content (AvgIpc) is 2.84. The highest BCUT2D eigenvalue weighted by Gasteiger charge is 2.56. The Balaban J connectivity index is 1.13. The molecule has 4 heterocycles. The molecule has 0 saturated carbocycles. The molecule has 0 aromatic heterocycles. The summed E-state index contributed by atoms with van der Waals surface area (Å²) < 4.78 is 26.4. The minimum atomic E-state index is -0.429. The van der Waals surface area contributed by atoms with Gasteiger partial charge < -0.3 is 18.9 Å². The molecule has 0 aromatic rings. The van der Waals surface area contributed by atoms with Crippen LogP contribution in [0.1, 0.15) is 140 Å². The van der Waals surface area contributed by atoms with Crippen LogP contribution in [0.15, 0.2) is 0 Å². The van der Waals surface area contributed by atoms with Gasteiger partial charge in [-0.05, 0) is 82.3 Å². The second-order valence-electron chi connectivity index (χ2n) is 17.9. The summed E-state index contributed by atoms with van der Waals surface area (Å²) in [4.78, 5) is 4.99. The summed E-state index contributed by atoms with van der Waals surface area (Å²) in [5.74, 6) is -0.859. The van der Waals surface area contributed by atoms with Crippen molar-refractivity contribution in [1.29, 1.82) is 0 Å². The van der Waals surface area contributed by atoms with Gasteiger partial charge in [-0.1, -0.05) is 46.0 Å². The number of unbranched alkanes of at least 4 members (excludes halogenated alkanes) is 4. The van der Waals surface area contributed by atoms with Crippen LogP contribution in [-0.2, 0) is 18.9 Å². The molecule has 2 spiro atoms. The first-order chi connectivity index (χ1) is 18.7. The molecule has 0 bridgehead atoms. The van der Waals surface area contributed by atoms with E-state index in [0.29, 0.717) is 0 Å². The van der Waals surface area contributed by atoms with Gasteiger partial charge in [0.05, 0.1) is 26.4 Å². The van der Waals surface area contributed by atoms with Gasteiger partial charge in [0.1, 0.15) is 0 Å². The minimum Gasteiger partial charge on any atom is -0.349 e. The molecule has 41 heavy (non-hydrogen) atoms. The summed E-state index contributed by atoms with van der Waals surface area (Å²) in [5.41, 5.74) is 0.491. The lowest BCUT2D eigenvalue weighted by Gasteiger charge is -2.59. The van der Waals surface area contributed by atoms with Crippen LogP contribution in [0, 0.1) is 10.8 Å². The van der Waals surface area contributed by atoms with Crippen molar-refractivity contribution in [1.82, 2.24) is 9.80 Å². The maximum absolute atomic E-state index is 6.61. The molecule has 0 N–H and O–H groups in total. The van der Waals surface area contributed by atoms with Crippen LogP contribution in [0.3, 0.4) is 0 Å². The summed E-state index contributed by atoms with van der Waals surface area (Å²) in [6.45, 7) is 26.5. The third-order valence-electron chi connectivity index (χ3n) is 11.7. The monoisotopic (exact) mass is 579 g/mol. The van der Waals surface area contributed by atoms with Crippen molar-refractivity contribution in [2.24, 2.45) is 10.8 Å². The fourth-order valence-electron chi connectivity index (χ4n) is 8.60. The molecule has 4 aliphatic heterocycles. The van der Waals surface area contributed by atoms with E-state index in [4.69, 9.17) is 18.9 Å². The summed E-state index contributed by atoms with van der Waals surface area (Å²) >= 11 is 0. The number of rotatable bonds is 8. The van der Waals surface area contributed by atoms with E-state index in [1.165, 1.54) is 44.9 Å². The van der Waals surface area contributed by atoms with Gasteiger partial charge in [0.2, 0.25) is 0 Å². The van der Waals surface area contributed by atoms with E-state index in [9.17, 15) is 0 Å². The Bertz CT molecular complexity index is 782. The molecule has 4 rings (SSSR count). The largest absolute Gasteiger partial charge is 0.349 e. The maximum Gasteiger partial charge on any atom is 0.171 e. The highest BCUT2D eigenvalue weighted by molar-refractivity contribution is 5.05. The van der Waals surface area contributed by atoms with Gasteiger partial charge >= 0.3 is 0 Å². The predicted octanol–water partition coefficient (Wildman–Crippen LogP) is 7.78. The Morgan fingerprint density at radius 1 is 0.415 bits per heavy atom. The zero-order valence-corrected chi connectivity index (χ0v) is 29.1. The average molecular weight is 579 g/mol. The Kier molecular flexibility index (Phi) is 9.26. The fourth-order valence-corrected chi connectivity index (χ4v) is 8.60. The Hall–Kier alpha value is -0.240. The van der Waals surface area contributed by atoms with Gasteiger partial charge in [-0.15, -0.1) is 0 Å². The first-order valence-corrected chi connectivity index (χ1v) is 16.7. The van der Waals surface area contributed by atoms with Crippen molar-refractivity contribution in [3.63, 3.8) is 0 Å². The van der Waals surface area contributed by atoms with Crippen LogP contribution in [0.25, 0.3) is 0 Å². The van der Waals surface area contributed by atoms with Gasteiger partial charge in [-0.2, -0.15) is 0 Å². The van der Waals surface area contributed by atoms with E-state index in [-0.39, 0.29) is 33.0 Å². The normalized spacial score (nSPS) is 31.3. The number of ether oxygens (including phenoxy) is 4. The van der Waals surface area contributed by atoms with Crippen molar-refractivity contribution in [3.05, 3.63) is 0 Å². The smallest absolute Gasteiger partial charge is 0.171 e. The van der Waals surface area contributed by atoms with Gasteiger partial charge in [0.15, 0.2) is 11.6 Å². The third kappa shape index (κ3) is 7.36. The topological polar surface area (TPSA) is 43.4 Å². The van der Waals surface area contributed by atoms with E-state index in [1.807, 2.05) is 0 Å². The number of nitrogens with zero attached hydrogens (tertiary/aromatic N) is 2. The van der Waals surface area contributed by atoms with Crippen LogP contribution in [0.2, 0.25) is 0 Å². The zero-order valence-electron chi connectivity index (χ0n) is 29.1. The van der Waals surface area contributed by atoms with E-state index < -0.39 is 11.6 Å². The van der Waals surface area contributed by atoms with Crippen molar-refractivity contribution in [2.75, 3.05) is 40.5 Å². The van der Waals surface area contributed by atoms with Crippen molar-refractivity contribution >= 4 is 0 Å². The Labute approximate surface area is 253 Å². The number of hydrogen-bond donors (Lipinski definition) is 0. The summed E-state index contributed by atoms with van der Waals surface area (Å²) in [6, 6.07) is 0. The Morgan fingerprint density at radius 3 is 0.927 bits per heavy atom. The van der Waals surface area contributed by atoms with Crippen LogP contribution in [0.5, 0.6) is 0 Å². The van der Waals surface area contributed by atoms with Crippen molar-refractivity contribution < 1.29 is 18.9 Å². The molecule has 6 nitrogen and oxygen atoms in total. The summed E-state index contributed by atoms with van der Waals surface area (Å²) in [5, 5.41) is 0. The molecule has 6 heteroatoms. The number of likely N-dealkylation sites (tertiary alicyclic amines) is 2. The molecule has 0 amide bonds. The fraction of sp³-hybridized carbons (Fsp3) is 1.00. The van der Waals surface area contributed by atoms with Gasteiger partial charge in [0, 0.05) is 58.7 Å². The number of hydrogen-bond acceptors (Lipinski definition) is 6. The predicted molar refractivity (Wildman–Crippen MR) is 168 cm³/mol. The first-order valence-electron chi connectivity index (χ1n) is 16.7. The number of piperidine rings is 2. The first kappa shape index (κ1) is 33.6. The lowest BCUT2D eigenvalue weighted by Crippen LogP contribution is -2.67. The van der Waals surface area contributed by atoms with Gasteiger partial charge in [-0.25, -0.2) is 0 Å². The standard InChI is InChI=1S/C35H66N2O4/c1-28(2)20-34(21-29(3,4)36(28)11)38-24-32(9,25-39-34)18-16-14-13-15-17-19-33(10)26-40-35(41-27-33)22-30(5,6)37(12)31(7,8)23-35/h13-27H2,1-12H3. The molecule has 240 valence electrons. The lowest BCUT2D eigenvalue weighted by molar-refractivity contribution is -0.340. The second-order valence-corrected chi connectivity index (χ2v) is 17.9. The summed E-state index contributed by atoms with van der Waals surface area (Å²) in [6.07, 6.45) is 12.5. The van der Waals surface area contributed by atoms with Gasteiger partial charge in [-0.3, -0.25) is 9.80 Å². The molecule has 4 aliphatic rings. The molecule has 0 atom stereocenters. The maximum atomic E-state index is 6.61. The zero-order chi connectivity index (χ0) is 30.6. The van der Waals surface area contributed by atoms with E-state index in [0.717, 1.165) is 52.1 Å². The molecule has 0 unspecified atom stereocenters.